The first kappa shape index (κ1) is 28.5. The molecule has 3 unspecified atom stereocenters. The highest BCUT2D eigenvalue weighted by atomic mass is 32.2. The zero-order valence-corrected chi connectivity index (χ0v) is 23.0. The number of carbonyl (C=O) groups excluding carboxylic acids is 2. The number of nitrogens with zero attached hydrogens (tertiary/aromatic N) is 1. The smallest absolute Gasteiger partial charge is 0.336 e. The molecule has 37 heavy (non-hydrogen) atoms. The summed E-state index contributed by atoms with van der Waals surface area (Å²) in [6.07, 6.45) is 3.00. The van der Waals surface area contributed by atoms with Gasteiger partial charge in [-0.05, 0) is 75.3 Å². The van der Waals surface area contributed by atoms with Gasteiger partial charge in [-0.15, -0.1) is 11.8 Å². The summed E-state index contributed by atoms with van der Waals surface area (Å²) in [6.45, 7) is 5.80. The lowest BCUT2D eigenvalue weighted by molar-refractivity contribution is -0.146. The van der Waals surface area contributed by atoms with Gasteiger partial charge in [0.15, 0.2) is 0 Å². The Morgan fingerprint density at radius 3 is 2.41 bits per heavy atom. The van der Waals surface area contributed by atoms with Gasteiger partial charge < -0.3 is 19.9 Å². The van der Waals surface area contributed by atoms with Gasteiger partial charge >= 0.3 is 11.9 Å². The predicted octanol–water partition coefficient (Wildman–Crippen LogP) is 5.45. The Kier molecular flexibility index (Phi) is 10.3. The first-order chi connectivity index (χ1) is 17.8. The molecule has 2 aromatic rings. The average Bonchev–Trinajstić information content (AvgIpc) is 2.91. The summed E-state index contributed by atoms with van der Waals surface area (Å²) >= 11 is 1.60. The van der Waals surface area contributed by atoms with Gasteiger partial charge in [-0.2, -0.15) is 0 Å². The molecule has 0 radical (unpaired) electrons. The summed E-state index contributed by atoms with van der Waals surface area (Å²) in [7, 11) is 1.62. The van der Waals surface area contributed by atoms with Crippen molar-refractivity contribution in [3.8, 4) is 5.75 Å². The molecule has 1 heterocycles. The molecule has 0 aliphatic carbocycles. The molecule has 0 spiro atoms. The summed E-state index contributed by atoms with van der Waals surface area (Å²) in [5.74, 6) is -1.42. The first-order valence-corrected chi connectivity index (χ1v) is 13.7. The Morgan fingerprint density at radius 1 is 1.08 bits per heavy atom. The minimum atomic E-state index is -0.726. The molecule has 8 heteroatoms. The summed E-state index contributed by atoms with van der Waals surface area (Å²) in [5, 5.41) is 0. The van der Waals surface area contributed by atoms with Crippen LogP contribution in [-0.2, 0) is 19.1 Å². The van der Waals surface area contributed by atoms with Gasteiger partial charge in [0.25, 0.3) is 0 Å². The summed E-state index contributed by atoms with van der Waals surface area (Å²) < 4.78 is 16.2. The molecule has 2 aromatic carbocycles. The number of allylic oxidation sites excluding steroid dienone is 1. The normalized spacial score (nSPS) is 18.2. The molecule has 1 aliphatic rings. The molecule has 0 aromatic heterocycles. The van der Waals surface area contributed by atoms with Crippen molar-refractivity contribution in [3.63, 3.8) is 0 Å². The Morgan fingerprint density at radius 2 is 1.78 bits per heavy atom. The number of rotatable bonds is 11. The number of nitrogens with two attached hydrogens (primary N) is 1. The summed E-state index contributed by atoms with van der Waals surface area (Å²) in [6, 6.07) is 15.3. The van der Waals surface area contributed by atoms with Crippen LogP contribution in [0, 0.1) is 5.92 Å². The molecule has 0 fully saturated rings. The Balaban J connectivity index is 2.06. The Bertz CT molecular complexity index is 1160. The largest absolute Gasteiger partial charge is 0.497 e. The van der Waals surface area contributed by atoms with E-state index >= 15 is 0 Å². The lowest BCUT2D eigenvalue weighted by atomic mass is 9.75. The SMILES string of the molecule is CCOC(=O)C1=C(CCC(N)c2ccc(OC)cc2)N=C(C)C(C(=O)OCC)C1c1cccc(SC)c1. The van der Waals surface area contributed by atoms with Crippen LogP contribution >= 0.6 is 11.8 Å². The van der Waals surface area contributed by atoms with Crippen LogP contribution in [0.5, 0.6) is 5.75 Å². The van der Waals surface area contributed by atoms with Crippen molar-refractivity contribution in [2.75, 3.05) is 26.6 Å². The van der Waals surface area contributed by atoms with Gasteiger partial charge in [-0.25, -0.2) is 4.79 Å². The molecule has 0 bridgehead atoms. The summed E-state index contributed by atoms with van der Waals surface area (Å²) in [5.41, 5.74) is 9.92. The number of methoxy groups -OCH3 is 1. The average molecular weight is 525 g/mol. The van der Waals surface area contributed by atoms with Gasteiger partial charge in [-0.1, -0.05) is 24.3 Å². The van der Waals surface area contributed by atoms with E-state index in [1.54, 1.807) is 32.7 Å². The maximum Gasteiger partial charge on any atom is 0.336 e. The third-order valence-corrected chi connectivity index (χ3v) is 7.17. The van der Waals surface area contributed by atoms with Crippen molar-refractivity contribution in [3.05, 3.63) is 70.9 Å². The van der Waals surface area contributed by atoms with E-state index in [9.17, 15) is 9.59 Å². The fourth-order valence-corrected chi connectivity index (χ4v) is 5.09. The molecule has 3 rings (SSSR count). The van der Waals surface area contributed by atoms with Crippen molar-refractivity contribution in [2.45, 2.75) is 50.5 Å². The van der Waals surface area contributed by atoms with E-state index in [-0.39, 0.29) is 19.3 Å². The van der Waals surface area contributed by atoms with Crippen LogP contribution in [0.25, 0.3) is 0 Å². The minimum Gasteiger partial charge on any atom is -0.497 e. The van der Waals surface area contributed by atoms with Gasteiger partial charge in [-0.3, -0.25) is 9.79 Å². The fourth-order valence-electron chi connectivity index (χ4n) is 4.62. The standard InChI is InChI=1S/C29H36N2O5S/c1-6-35-28(32)25-18(3)31-24(16-15-23(30)19-11-13-21(34-4)14-12-19)27(29(33)36-7-2)26(25)20-9-8-10-22(17-20)37-5/h8-14,17,23,25-26H,6-7,15-16,30H2,1-5H3. The monoisotopic (exact) mass is 524 g/mol. The van der Waals surface area contributed by atoms with E-state index in [1.165, 1.54) is 0 Å². The van der Waals surface area contributed by atoms with Gasteiger partial charge in [0.2, 0.25) is 0 Å². The van der Waals surface area contributed by atoms with Crippen LogP contribution in [0.4, 0.5) is 0 Å². The predicted molar refractivity (Wildman–Crippen MR) is 147 cm³/mol. The van der Waals surface area contributed by atoms with Crippen LogP contribution in [0.2, 0.25) is 0 Å². The lowest BCUT2D eigenvalue weighted by Crippen LogP contribution is -2.37. The third-order valence-electron chi connectivity index (χ3n) is 6.44. The maximum atomic E-state index is 13.4. The van der Waals surface area contributed by atoms with Crippen LogP contribution in [-0.4, -0.2) is 44.2 Å². The van der Waals surface area contributed by atoms with Crippen molar-refractivity contribution in [1.82, 2.24) is 0 Å². The minimum absolute atomic E-state index is 0.214. The quantitative estimate of drug-likeness (QED) is 0.308. The molecular weight excluding hydrogens is 488 g/mol. The number of carbonyl (C=O) groups is 2. The van der Waals surface area contributed by atoms with E-state index in [0.29, 0.717) is 29.8 Å². The maximum absolute atomic E-state index is 13.4. The van der Waals surface area contributed by atoms with Crippen molar-refractivity contribution >= 4 is 29.4 Å². The van der Waals surface area contributed by atoms with Gasteiger partial charge in [0.1, 0.15) is 11.7 Å². The van der Waals surface area contributed by atoms with Crippen molar-refractivity contribution in [1.29, 1.82) is 0 Å². The fraction of sp³-hybridized carbons (Fsp3) is 0.414. The van der Waals surface area contributed by atoms with Crippen LogP contribution in [0.1, 0.15) is 56.7 Å². The van der Waals surface area contributed by atoms with E-state index in [4.69, 9.17) is 24.9 Å². The zero-order valence-electron chi connectivity index (χ0n) is 22.2. The second kappa shape index (κ2) is 13.4. The number of esters is 2. The molecule has 198 valence electrons. The molecule has 0 amide bonds. The van der Waals surface area contributed by atoms with E-state index in [0.717, 1.165) is 21.8 Å². The Labute approximate surface area is 223 Å². The highest BCUT2D eigenvalue weighted by Gasteiger charge is 2.43. The number of thioether (sulfide) groups is 1. The van der Waals surface area contributed by atoms with Crippen LogP contribution in [0.15, 0.2) is 69.7 Å². The molecule has 0 saturated carbocycles. The molecule has 2 N–H and O–H groups in total. The van der Waals surface area contributed by atoms with E-state index in [2.05, 4.69) is 0 Å². The van der Waals surface area contributed by atoms with Crippen molar-refractivity contribution < 1.29 is 23.8 Å². The van der Waals surface area contributed by atoms with Gasteiger partial charge in [0, 0.05) is 22.6 Å². The molecule has 7 nitrogen and oxygen atoms in total. The number of hydrogen-bond donors (Lipinski definition) is 1. The second-order valence-electron chi connectivity index (χ2n) is 8.74. The number of hydrogen-bond acceptors (Lipinski definition) is 8. The molecular formula is C29H36N2O5S. The highest BCUT2D eigenvalue weighted by molar-refractivity contribution is 7.98. The van der Waals surface area contributed by atoms with Crippen molar-refractivity contribution in [2.24, 2.45) is 16.6 Å². The van der Waals surface area contributed by atoms with Crippen LogP contribution in [0.3, 0.4) is 0 Å². The number of ether oxygens (including phenoxy) is 3. The Hall–Kier alpha value is -3.10. The number of benzene rings is 2. The highest BCUT2D eigenvalue weighted by Crippen LogP contribution is 2.42. The van der Waals surface area contributed by atoms with Crippen LogP contribution < -0.4 is 10.5 Å². The summed E-state index contributed by atoms with van der Waals surface area (Å²) in [4.78, 5) is 32.4. The van der Waals surface area contributed by atoms with E-state index in [1.807, 2.05) is 61.7 Å². The lowest BCUT2D eigenvalue weighted by Gasteiger charge is -2.32. The molecule has 0 saturated heterocycles. The van der Waals surface area contributed by atoms with E-state index < -0.39 is 23.8 Å². The second-order valence-corrected chi connectivity index (χ2v) is 9.62. The van der Waals surface area contributed by atoms with Gasteiger partial charge in [0.05, 0.1) is 31.6 Å². The topological polar surface area (TPSA) is 100 Å². The molecule has 3 atom stereocenters. The zero-order chi connectivity index (χ0) is 26.9. The molecule has 1 aliphatic heterocycles. The number of aliphatic imine (C=N–C) groups is 1. The third kappa shape index (κ3) is 6.81. The first-order valence-electron chi connectivity index (χ1n) is 12.5.